The van der Waals surface area contributed by atoms with Crippen LogP contribution < -0.4 is 4.74 Å². The Morgan fingerprint density at radius 3 is 2.04 bits per heavy atom. The molecule has 7 heteroatoms. The number of fused-ring (bicyclic) bond motifs is 1. The molecule has 0 aliphatic carbocycles. The number of hydrogen-bond donors (Lipinski definition) is 0. The molecular weight excluding hydrogens is 351 g/mol. The highest BCUT2D eigenvalue weighted by Crippen LogP contribution is 2.31. The third kappa shape index (κ3) is 2.94. The Balaban J connectivity index is 1.67. The SMILES string of the molecule is N#Cc1ccc(OCCN2C(=O)c3cc(Cl)c(Cl)cc3C2=O)cc1. The summed E-state index contributed by atoms with van der Waals surface area (Å²) in [6, 6.07) is 11.4. The van der Waals surface area contributed by atoms with Crippen LogP contribution in [-0.4, -0.2) is 29.9 Å². The maximum atomic E-state index is 12.3. The Hall–Kier alpha value is -2.55. The highest BCUT2D eigenvalue weighted by atomic mass is 35.5. The van der Waals surface area contributed by atoms with E-state index < -0.39 is 11.8 Å². The zero-order valence-corrected chi connectivity index (χ0v) is 13.8. The number of halogens is 2. The van der Waals surface area contributed by atoms with E-state index in [0.29, 0.717) is 11.3 Å². The molecule has 3 rings (SSSR count). The van der Waals surface area contributed by atoms with Gasteiger partial charge in [-0.25, -0.2) is 0 Å². The van der Waals surface area contributed by atoms with Crippen LogP contribution in [0.15, 0.2) is 36.4 Å². The Labute approximate surface area is 148 Å². The van der Waals surface area contributed by atoms with Gasteiger partial charge in [0, 0.05) is 0 Å². The molecule has 2 aromatic rings. The number of benzene rings is 2. The van der Waals surface area contributed by atoms with Crippen LogP contribution in [0.4, 0.5) is 0 Å². The number of rotatable bonds is 4. The first-order valence-corrected chi connectivity index (χ1v) is 7.75. The van der Waals surface area contributed by atoms with Gasteiger partial charge in [-0.3, -0.25) is 14.5 Å². The molecule has 0 spiro atoms. The van der Waals surface area contributed by atoms with Crippen LogP contribution in [0.25, 0.3) is 0 Å². The lowest BCUT2D eigenvalue weighted by molar-refractivity contribution is 0.0631. The van der Waals surface area contributed by atoms with Gasteiger partial charge >= 0.3 is 0 Å². The van der Waals surface area contributed by atoms with Crippen molar-refractivity contribution in [2.75, 3.05) is 13.2 Å². The summed E-state index contributed by atoms with van der Waals surface area (Å²) in [4.78, 5) is 25.7. The second-order valence-corrected chi connectivity index (χ2v) is 5.87. The zero-order chi connectivity index (χ0) is 17.3. The molecule has 5 nitrogen and oxygen atoms in total. The van der Waals surface area contributed by atoms with Crippen LogP contribution in [0.5, 0.6) is 5.75 Å². The van der Waals surface area contributed by atoms with Crippen LogP contribution in [0, 0.1) is 11.3 Å². The van der Waals surface area contributed by atoms with Gasteiger partial charge in [0.2, 0.25) is 0 Å². The molecule has 0 fully saturated rings. The first kappa shape index (κ1) is 16.3. The number of amides is 2. The topological polar surface area (TPSA) is 70.4 Å². The van der Waals surface area contributed by atoms with E-state index in [-0.39, 0.29) is 34.3 Å². The van der Waals surface area contributed by atoms with Crippen LogP contribution in [0.3, 0.4) is 0 Å². The molecule has 1 aliphatic rings. The summed E-state index contributed by atoms with van der Waals surface area (Å²) in [5.74, 6) is -0.286. The number of imide groups is 1. The van der Waals surface area contributed by atoms with Gasteiger partial charge < -0.3 is 4.74 Å². The van der Waals surface area contributed by atoms with Crippen molar-refractivity contribution < 1.29 is 14.3 Å². The molecule has 0 saturated carbocycles. The molecule has 0 atom stereocenters. The summed E-state index contributed by atoms with van der Waals surface area (Å²) in [5, 5.41) is 9.20. The van der Waals surface area contributed by atoms with Crippen molar-refractivity contribution >= 4 is 35.0 Å². The molecule has 0 radical (unpaired) electrons. The fourth-order valence-corrected chi connectivity index (χ4v) is 2.69. The van der Waals surface area contributed by atoms with Crippen molar-refractivity contribution in [2.24, 2.45) is 0 Å². The van der Waals surface area contributed by atoms with E-state index >= 15 is 0 Å². The lowest BCUT2D eigenvalue weighted by atomic mass is 10.1. The predicted molar refractivity (Wildman–Crippen MR) is 88.5 cm³/mol. The van der Waals surface area contributed by atoms with Gasteiger partial charge in [0.15, 0.2) is 0 Å². The van der Waals surface area contributed by atoms with E-state index in [4.69, 9.17) is 33.2 Å². The van der Waals surface area contributed by atoms with E-state index in [2.05, 4.69) is 0 Å². The fraction of sp³-hybridized carbons (Fsp3) is 0.118. The highest BCUT2D eigenvalue weighted by molar-refractivity contribution is 6.43. The number of ether oxygens (including phenoxy) is 1. The Bertz CT molecular complexity index is 832. The number of nitriles is 1. The van der Waals surface area contributed by atoms with Crippen molar-refractivity contribution in [1.29, 1.82) is 5.26 Å². The van der Waals surface area contributed by atoms with E-state index in [1.54, 1.807) is 24.3 Å². The number of nitrogens with zero attached hydrogens (tertiary/aromatic N) is 2. The number of carbonyl (C=O) groups excluding carboxylic acids is 2. The molecule has 0 bridgehead atoms. The average molecular weight is 361 g/mol. The predicted octanol–water partition coefficient (Wildman–Crippen LogP) is 3.54. The fourth-order valence-electron chi connectivity index (χ4n) is 2.37. The number of hydrogen-bond acceptors (Lipinski definition) is 4. The minimum Gasteiger partial charge on any atom is -0.492 e. The summed E-state index contributed by atoms with van der Waals surface area (Å²) in [7, 11) is 0. The van der Waals surface area contributed by atoms with Gasteiger partial charge in [-0.2, -0.15) is 5.26 Å². The molecule has 2 amide bonds. The second-order valence-electron chi connectivity index (χ2n) is 5.06. The third-order valence-corrected chi connectivity index (χ3v) is 4.30. The van der Waals surface area contributed by atoms with Gasteiger partial charge in [-0.1, -0.05) is 23.2 Å². The second kappa shape index (κ2) is 6.52. The van der Waals surface area contributed by atoms with E-state index in [0.717, 1.165) is 4.90 Å². The van der Waals surface area contributed by atoms with E-state index in [9.17, 15) is 9.59 Å². The summed E-state index contributed by atoms with van der Waals surface area (Å²) in [6.45, 7) is 0.237. The van der Waals surface area contributed by atoms with Gasteiger partial charge in [0.05, 0.1) is 39.3 Å². The molecule has 0 saturated heterocycles. The van der Waals surface area contributed by atoms with Crippen LogP contribution in [-0.2, 0) is 0 Å². The van der Waals surface area contributed by atoms with Crippen molar-refractivity contribution in [3.63, 3.8) is 0 Å². The Morgan fingerprint density at radius 2 is 1.54 bits per heavy atom. The van der Waals surface area contributed by atoms with Gasteiger partial charge in [-0.15, -0.1) is 0 Å². The smallest absolute Gasteiger partial charge is 0.261 e. The van der Waals surface area contributed by atoms with Gasteiger partial charge in [0.1, 0.15) is 12.4 Å². The minimum atomic E-state index is -0.419. The van der Waals surface area contributed by atoms with Crippen molar-refractivity contribution in [3.05, 3.63) is 63.1 Å². The number of carbonyl (C=O) groups is 2. The molecule has 1 heterocycles. The van der Waals surface area contributed by atoms with Crippen molar-refractivity contribution in [3.8, 4) is 11.8 Å². The monoisotopic (exact) mass is 360 g/mol. The highest BCUT2D eigenvalue weighted by Gasteiger charge is 2.36. The largest absolute Gasteiger partial charge is 0.492 e. The van der Waals surface area contributed by atoms with Crippen LogP contribution >= 0.6 is 23.2 Å². The normalized spacial score (nSPS) is 13.0. The lowest BCUT2D eigenvalue weighted by Gasteiger charge is -2.14. The molecule has 1 aliphatic heterocycles. The summed E-state index contributed by atoms with van der Waals surface area (Å²) in [5.41, 5.74) is 1.01. The molecule has 0 unspecified atom stereocenters. The molecule has 24 heavy (non-hydrogen) atoms. The molecule has 120 valence electrons. The first-order valence-electron chi connectivity index (χ1n) is 6.99. The van der Waals surface area contributed by atoms with E-state index in [1.807, 2.05) is 6.07 Å². The first-order chi connectivity index (χ1) is 11.5. The maximum Gasteiger partial charge on any atom is 0.261 e. The summed E-state index contributed by atoms with van der Waals surface area (Å²) >= 11 is 11.8. The quantitative estimate of drug-likeness (QED) is 0.781. The minimum absolute atomic E-state index is 0.0988. The van der Waals surface area contributed by atoms with Crippen molar-refractivity contribution in [1.82, 2.24) is 4.90 Å². The maximum absolute atomic E-state index is 12.3. The van der Waals surface area contributed by atoms with Crippen LogP contribution in [0.2, 0.25) is 10.0 Å². The molecule has 0 N–H and O–H groups in total. The van der Waals surface area contributed by atoms with Crippen molar-refractivity contribution in [2.45, 2.75) is 0 Å². The summed E-state index contributed by atoms with van der Waals surface area (Å²) < 4.78 is 5.50. The average Bonchev–Trinajstić information content (AvgIpc) is 2.80. The Morgan fingerprint density at radius 1 is 1.00 bits per heavy atom. The van der Waals surface area contributed by atoms with E-state index in [1.165, 1.54) is 12.1 Å². The van der Waals surface area contributed by atoms with Gasteiger partial charge in [-0.05, 0) is 36.4 Å². The molecule has 0 aromatic heterocycles. The zero-order valence-electron chi connectivity index (χ0n) is 12.3. The standard InChI is InChI=1S/C17H10Cl2N2O3/c18-14-7-12-13(8-15(14)19)17(23)21(16(12)22)5-6-24-11-3-1-10(9-20)2-4-11/h1-4,7-8H,5-6H2. The third-order valence-electron chi connectivity index (χ3n) is 3.58. The molecular formula is C17H10Cl2N2O3. The summed E-state index contributed by atoms with van der Waals surface area (Å²) in [6.07, 6.45) is 0. The molecule has 2 aromatic carbocycles. The van der Waals surface area contributed by atoms with Gasteiger partial charge in [0.25, 0.3) is 11.8 Å². The Kier molecular flexibility index (Phi) is 4.43. The lowest BCUT2D eigenvalue weighted by Crippen LogP contribution is -2.33. The van der Waals surface area contributed by atoms with Crippen LogP contribution in [0.1, 0.15) is 26.3 Å².